The fourth-order valence-corrected chi connectivity index (χ4v) is 4.83. The van der Waals surface area contributed by atoms with Gasteiger partial charge in [-0.15, -0.1) is 0 Å². The highest BCUT2D eigenvalue weighted by atomic mass is 32.2. The minimum atomic E-state index is -5.10. The van der Waals surface area contributed by atoms with E-state index in [1.807, 2.05) is 0 Å². The zero-order valence-electron chi connectivity index (χ0n) is 13.4. The summed E-state index contributed by atoms with van der Waals surface area (Å²) in [5.41, 5.74) is 1.46. The maximum Gasteiger partial charge on any atom is 0.423 e. The van der Waals surface area contributed by atoms with Crippen LogP contribution in [-0.4, -0.2) is 44.1 Å². The normalized spacial score (nSPS) is 26.5. The Hall–Kier alpha value is -1.98. The lowest BCUT2D eigenvalue weighted by atomic mass is 9.93. The second-order valence-electron chi connectivity index (χ2n) is 6.14. The van der Waals surface area contributed by atoms with Crippen LogP contribution in [0.15, 0.2) is 33.2 Å². The number of rotatable bonds is 4. The number of benzene rings is 1. The third-order valence-electron chi connectivity index (χ3n) is 4.34. The lowest BCUT2D eigenvalue weighted by Crippen LogP contribution is -2.45. The van der Waals surface area contributed by atoms with Crippen molar-refractivity contribution in [2.75, 3.05) is 11.5 Å². The van der Waals surface area contributed by atoms with Crippen molar-refractivity contribution in [1.29, 1.82) is 0 Å². The standard InChI is InChI=1S/C15H16F3N3O4S/c16-15(17,18)14(23,12-9-3-1-2-4-11(9)25-20-12)6-8-26(24)7-5-10(19)13(22)21-26/h1-4,10,23H,5-8,19H2/t10-,14?,26?/m0/s1. The molecule has 1 aliphatic rings. The number of fused-ring (bicyclic) bond motifs is 1. The lowest BCUT2D eigenvalue weighted by Gasteiger charge is -2.29. The SMILES string of the molecule is N[C@H]1CCS(=O)(CCC(O)(c2noc3ccccc23)C(F)(F)F)=NC1=O. The van der Waals surface area contributed by atoms with Gasteiger partial charge in [-0.05, 0) is 18.6 Å². The van der Waals surface area contributed by atoms with E-state index in [1.165, 1.54) is 18.2 Å². The van der Waals surface area contributed by atoms with E-state index in [2.05, 4.69) is 9.52 Å². The molecule has 26 heavy (non-hydrogen) atoms. The molecular weight excluding hydrogens is 375 g/mol. The van der Waals surface area contributed by atoms with Crippen LogP contribution in [0, 0.1) is 0 Å². The Morgan fingerprint density at radius 3 is 2.69 bits per heavy atom. The molecule has 0 saturated carbocycles. The molecule has 1 aromatic heterocycles. The van der Waals surface area contributed by atoms with Gasteiger partial charge in [-0.3, -0.25) is 4.79 Å². The van der Waals surface area contributed by atoms with Gasteiger partial charge in [0.2, 0.25) is 5.60 Å². The molecule has 0 aliphatic carbocycles. The van der Waals surface area contributed by atoms with E-state index in [4.69, 9.17) is 10.3 Å². The predicted octanol–water partition coefficient (Wildman–Crippen LogP) is 1.69. The second-order valence-corrected chi connectivity index (χ2v) is 8.69. The first-order chi connectivity index (χ1) is 12.1. The Bertz CT molecular complexity index is 964. The number of hydrogen-bond donors (Lipinski definition) is 2. The van der Waals surface area contributed by atoms with Gasteiger partial charge in [-0.2, -0.15) is 17.5 Å². The van der Waals surface area contributed by atoms with Crippen LogP contribution in [0.3, 0.4) is 0 Å². The van der Waals surface area contributed by atoms with Crippen molar-refractivity contribution < 1.29 is 31.8 Å². The highest BCUT2D eigenvalue weighted by Crippen LogP contribution is 2.44. The Kier molecular flexibility index (Phi) is 4.57. The number of amides is 1. The van der Waals surface area contributed by atoms with E-state index in [0.29, 0.717) is 0 Å². The van der Waals surface area contributed by atoms with Crippen LogP contribution in [-0.2, 0) is 20.1 Å². The number of nitrogens with zero attached hydrogens (tertiary/aromatic N) is 2. The maximum atomic E-state index is 13.7. The highest BCUT2D eigenvalue weighted by molar-refractivity contribution is 7.93. The molecule has 2 unspecified atom stereocenters. The number of carbonyl (C=O) groups excluding carboxylic acids is 1. The average molecular weight is 391 g/mol. The molecule has 0 radical (unpaired) electrons. The second kappa shape index (κ2) is 6.32. The Morgan fingerprint density at radius 1 is 1.35 bits per heavy atom. The van der Waals surface area contributed by atoms with E-state index in [-0.39, 0.29) is 23.1 Å². The quantitative estimate of drug-likeness (QED) is 0.819. The molecule has 142 valence electrons. The van der Waals surface area contributed by atoms with E-state index in [0.717, 1.165) is 0 Å². The molecule has 1 amide bonds. The summed E-state index contributed by atoms with van der Waals surface area (Å²) in [5, 5.41) is 13.8. The topological polar surface area (TPSA) is 119 Å². The first-order valence-electron chi connectivity index (χ1n) is 7.72. The molecule has 2 aromatic rings. The summed E-state index contributed by atoms with van der Waals surface area (Å²) in [6.07, 6.45) is -6.01. The van der Waals surface area contributed by atoms with Crippen molar-refractivity contribution >= 4 is 26.6 Å². The van der Waals surface area contributed by atoms with Crippen molar-refractivity contribution in [3.05, 3.63) is 30.0 Å². The summed E-state index contributed by atoms with van der Waals surface area (Å²) in [6.45, 7) is 0. The van der Waals surface area contributed by atoms with Crippen molar-refractivity contribution in [2.45, 2.75) is 30.7 Å². The van der Waals surface area contributed by atoms with E-state index >= 15 is 0 Å². The van der Waals surface area contributed by atoms with Gasteiger partial charge in [-0.1, -0.05) is 17.3 Å². The fraction of sp³-hybridized carbons (Fsp3) is 0.467. The molecular formula is C15H16F3N3O4S. The largest absolute Gasteiger partial charge is 0.423 e. The van der Waals surface area contributed by atoms with Crippen LogP contribution >= 0.6 is 0 Å². The van der Waals surface area contributed by atoms with Gasteiger partial charge in [0.25, 0.3) is 5.91 Å². The Morgan fingerprint density at radius 2 is 2.04 bits per heavy atom. The van der Waals surface area contributed by atoms with Crippen LogP contribution in [0.5, 0.6) is 0 Å². The summed E-state index contributed by atoms with van der Waals surface area (Å²) in [4.78, 5) is 11.6. The summed E-state index contributed by atoms with van der Waals surface area (Å²) in [7, 11) is -3.23. The monoisotopic (exact) mass is 391 g/mol. The predicted molar refractivity (Wildman–Crippen MR) is 86.5 cm³/mol. The van der Waals surface area contributed by atoms with Crippen LogP contribution in [0.1, 0.15) is 18.5 Å². The van der Waals surface area contributed by atoms with Gasteiger partial charge in [0.1, 0.15) is 5.69 Å². The smallest absolute Gasteiger partial charge is 0.375 e. The summed E-state index contributed by atoms with van der Waals surface area (Å²) >= 11 is 0. The third kappa shape index (κ3) is 3.21. The third-order valence-corrected chi connectivity index (χ3v) is 6.57. The number of para-hydroxylation sites is 1. The Labute approximate surface area is 146 Å². The van der Waals surface area contributed by atoms with Gasteiger partial charge in [0, 0.05) is 23.3 Å². The number of aliphatic hydroxyl groups is 1. The summed E-state index contributed by atoms with van der Waals surface area (Å²) in [5.74, 6) is -1.53. The molecule has 0 fully saturated rings. The molecule has 0 spiro atoms. The van der Waals surface area contributed by atoms with Crippen molar-refractivity contribution in [1.82, 2.24) is 5.16 Å². The van der Waals surface area contributed by atoms with Gasteiger partial charge in [0.05, 0.1) is 15.8 Å². The minimum absolute atomic E-state index is 0.000885. The molecule has 3 rings (SSSR count). The summed E-state index contributed by atoms with van der Waals surface area (Å²) in [6, 6.07) is 4.89. The first-order valence-corrected chi connectivity index (χ1v) is 9.57. The maximum absolute atomic E-state index is 13.7. The van der Waals surface area contributed by atoms with Gasteiger partial charge < -0.3 is 15.4 Å². The molecule has 0 bridgehead atoms. The van der Waals surface area contributed by atoms with E-state index in [1.54, 1.807) is 6.07 Å². The minimum Gasteiger partial charge on any atom is -0.375 e. The molecule has 7 nitrogen and oxygen atoms in total. The van der Waals surface area contributed by atoms with Crippen LogP contribution in [0.25, 0.3) is 11.0 Å². The lowest BCUT2D eigenvalue weighted by molar-refractivity contribution is -0.268. The number of alkyl halides is 3. The molecule has 11 heteroatoms. The molecule has 1 aliphatic heterocycles. The number of halogens is 3. The van der Waals surface area contributed by atoms with Gasteiger partial charge in [0.15, 0.2) is 5.58 Å². The summed E-state index contributed by atoms with van der Waals surface area (Å²) < 4.78 is 61.9. The number of hydrogen-bond acceptors (Lipinski definition) is 6. The van der Waals surface area contributed by atoms with Crippen LogP contribution < -0.4 is 5.73 Å². The highest BCUT2D eigenvalue weighted by Gasteiger charge is 2.57. The van der Waals surface area contributed by atoms with Gasteiger partial charge >= 0.3 is 6.18 Å². The van der Waals surface area contributed by atoms with Crippen molar-refractivity contribution in [3.8, 4) is 0 Å². The molecule has 2 heterocycles. The zero-order chi connectivity index (χ0) is 19.2. The number of nitrogens with two attached hydrogens (primary N) is 1. The van der Waals surface area contributed by atoms with Crippen LogP contribution in [0.2, 0.25) is 0 Å². The molecule has 1 aromatic carbocycles. The molecule has 3 N–H and O–H groups in total. The Balaban J connectivity index is 1.99. The van der Waals surface area contributed by atoms with E-state index < -0.39 is 51.3 Å². The average Bonchev–Trinajstić information content (AvgIpc) is 3.00. The van der Waals surface area contributed by atoms with Crippen molar-refractivity contribution in [3.63, 3.8) is 0 Å². The van der Waals surface area contributed by atoms with Gasteiger partial charge in [-0.25, -0.2) is 4.21 Å². The number of aromatic nitrogens is 1. The fourth-order valence-electron chi connectivity index (χ4n) is 2.75. The number of carbonyl (C=O) groups is 1. The van der Waals surface area contributed by atoms with E-state index in [9.17, 15) is 27.3 Å². The molecule has 0 saturated heterocycles. The molecule has 3 atom stereocenters. The van der Waals surface area contributed by atoms with Crippen molar-refractivity contribution in [2.24, 2.45) is 10.1 Å². The first kappa shape index (κ1) is 18.8. The van der Waals surface area contributed by atoms with Crippen LogP contribution in [0.4, 0.5) is 13.2 Å². The zero-order valence-corrected chi connectivity index (χ0v) is 14.2.